The van der Waals surface area contributed by atoms with Crippen LogP contribution in [0.15, 0.2) is 4.34 Å². The quantitative estimate of drug-likeness (QED) is 0.822. The van der Waals surface area contributed by atoms with Crippen LogP contribution in [-0.2, 0) is 10.8 Å². The monoisotopic (exact) mass is 233 g/mol. The maximum absolute atomic E-state index is 11.7. The van der Waals surface area contributed by atoms with Crippen LogP contribution in [0.5, 0.6) is 0 Å². The van der Waals surface area contributed by atoms with Gasteiger partial charge in [-0.1, -0.05) is 25.2 Å². The molecule has 0 aliphatic carbocycles. The van der Waals surface area contributed by atoms with E-state index in [1.807, 2.05) is 13.8 Å². The van der Waals surface area contributed by atoms with Crippen LogP contribution in [0, 0.1) is 0 Å². The lowest BCUT2D eigenvalue weighted by atomic mass is 10.4. The molecule has 0 spiro atoms. The Hall–Kier alpha value is -0.820. The van der Waals surface area contributed by atoms with Gasteiger partial charge >= 0.3 is 0 Å². The van der Waals surface area contributed by atoms with E-state index < -0.39 is 16.7 Å². The number of carbonyl (C=O) groups is 1. The molecule has 5 nitrogen and oxygen atoms in total. The molecule has 2 unspecified atom stereocenters. The summed E-state index contributed by atoms with van der Waals surface area (Å²) in [5.41, 5.74) is 5.01. The number of carbonyl (C=O) groups excluding carboxylic acids is 1. The topological polar surface area (TPSA) is 85.9 Å². The number of aromatic nitrogens is 2. The largest absolute Gasteiger partial charge is 0.363 e. The SMILES string of the molecule is CCC(C)S(=O)c1nnc(C(N)=O)s1. The van der Waals surface area contributed by atoms with Crippen molar-refractivity contribution in [1.82, 2.24) is 10.2 Å². The first-order valence-electron chi connectivity index (χ1n) is 4.10. The van der Waals surface area contributed by atoms with Gasteiger partial charge in [0.2, 0.25) is 9.35 Å². The number of rotatable bonds is 4. The van der Waals surface area contributed by atoms with Crippen LogP contribution in [0.25, 0.3) is 0 Å². The predicted octanol–water partition coefficient (Wildman–Crippen LogP) is 0.543. The van der Waals surface area contributed by atoms with Crippen LogP contribution >= 0.6 is 11.3 Å². The van der Waals surface area contributed by atoms with Crippen LogP contribution in [0.2, 0.25) is 0 Å². The molecule has 0 saturated heterocycles. The number of hydrogen-bond donors (Lipinski definition) is 1. The molecule has 0 saturated carbocycles. The summed E-state index contributed by atoms with van der Waals surface area (Å²) in [5.74, 6) is -0.630. The molecule has 78 valence electrons. The number of amides is 1. The normalized spacial score (nSPS) is 15.0. The minimum Gasteiger partial charge on any atom is -0.363 e. The molecule has 0 aliphatic heterocycles. The maximum Gasteiger partial charge on any atom is 0.279 e. The molecule has 7 heteroatoms. The zero-order valence-corrected chi connectivity index (χ0v) is 9.52. The van der Waals surface area contributed by atoms with Crippen molar-refractivity contribution >= 4 is 28.0 Å². The van der Waals surface area contributed by atoms with E-state index in [4.69, 9.17) is 5.73 Å². The second-order valence-electron chi connectivity index (χ2n) is 2.75. The van der Waals surface area contributed by atoms with E-state index in [2.05, 4.69) is 10.2 Å². The Balaban J connectivity index is 2.87. The summed E-state index contributed by atoms with van der Waals surface area (Å²) in [4.78, 5) is 10.7. The van der Waals surface area contributed by atoms with Gasteiger partial charge in [0, 0.05) is 5.25 Å². The Kier molecular flexibility index (Phi) is 3.70. The van der Waals surface area contributed by atoms with Crippen LogP contribution in [0.1, 0.15) is 30.1 Å². The lowest BCUT2D eigenvalue weighted by molar-refractivity contribution is 0.0999. The van der Waals surface area contributed by atoms with Gasteiger partial charge in [-0.25, -0.2) is 0 Å². The Morgan fingerprint density at radius 1 is 1.64 bits per heavy atom. The van der Waals surface area contributed by atoms with Crippen molar-refractivity contribution in [3.63, 3.8) is 0 Å². The van der Waals surface area contributed by atoms with Crippen molar-refractivity contribution in [2.45, 2.75) is 29.9 Å². The molecule has 1 aromatic heterocycles. The lowest BCUT2D eigenvalue weighted by Gasteiger charge is -2.03. The van der Waals surface area contributed by atoms with E-state index in [0.717, 1.165) is 17.8 Å². The molecular weight excluding hydrogens is 222 g/mol. The van der Waals surface area contributed by atoms with Crippen molar-refractivity contribution in [1.29, 1.82) is 0 Å². The Bertz CT molecular complexity index is 364. The molecule has 2 N–H and O–H groups in total. The highest BCUT2D eigenvalue weighted by Crippen LogP contribution is 2.17. The first-order chi connectivity index (χ1) is 6.56. The molecule has 0 aliphatic rings. The van der Waals surface area contributed by atoms with Gasteiger partial charge < -0.3 is 5.73 Å². The average molecular weight is 233 g/mol. The first-order valence-corrected chi connectivity index (χ1v) is 6.13. The summed E-state index contributed by atoms with van der Waals surface area (Å²) in [5, 5.41) is 7.35. The van der Waals surface area contributed by atoms with E-state index in [1.54, 1.807) is 0 Å². The number of primary amides is 1. The van der Waals surface area contributed by atoms with Gasteiger partial charge in [-0.3, -0.25) is 9.00 Å². The van der Waals surface area contributed by atoms with Crippen molar-refractivity contribution < 1.29 is 9.00 Å². The highest BCUT2D eigenvalue weighted by molar-refractivity contribution is 7.87. The molecule has 0 radical (unpaired) electrons. The summed E-state index contributed by atoms with van der Waals surface area (Å²) in [7, 11) is -1.19. The van der Waals surface area contributed by atoms with E-state index in [9.17, 15) is 9.00 Å². The van der Waals surface area contributed by atoms with Gasteiger partial charge in [0.05, 0.1) is 10.8 Å². The van der Waals surface area contributed by atoms with Crippen molar-refractivity contribution in [2.24, 2.45) is 5.73 Å². The second-order valence-corrected chi connectivity index (χ2v) is 5.78. The minimum absolute atomic E-state index is 0.0173. The Labute approximate surface area is 88.2 Å². The molecule has 0 fully saturated rings. The Morgan fingerprint density at radius 2 is 2.29 bits per heavy atom. The van der Waals surface area contributed by atoms with E-state index in [-0.39, 0.29) is 10.3 Å². The number of nitrogens with zero attached hydrogens (tertiary/aromatic N) is 2. The van der Waals surface area contributed by atoms with E-state index >= 15 is 0 Å². The maximum atomic E-state index is 11.7. The molecule has 1 amide bonds. The molecular formula is C7H11N3O2S2. The molecule has 1 aromatic rings. The van der Waals surface area contributed by atoms with Crippen LogP contribution in [-0.4, -0.2) is 25.6 Å². The third kappa shape index (κ3) is 2.36. The predicted molar refractivity (Wildman–Crippen MR) is 54.6 cm³/mol. The zero-order valence-electron chi connectivity index (χ0n) is 7.89. The van der Waals surface area contributed by atoms with Gasteiger partial charge in [0.15, 0.2) is 0 Å². The van der Waals surface area contributed by atoms with Crippen molar-refractivity contribution in [2.75, 3.05) is 0 Å². The zero-order chi connectivity index (χ0) is 10.7. The lowest BCUT2D eigenvalue weighted by Crippen LogP contribution is -2.10. The van der Waals surface area contributed by atoms with Crippen molar-refractivity contribution in [3.05, 3.63) is 5.01 Å². The fourth-order valence-corrected chi connectivity index (χ4v) is 2.97. The minimum atomic E-state index is -1.19. The van der Waals surface area contributed by atoms with Crippen LogP contribution < -0.4 is 5.73 Å². The fraction of sp³-hybridized carbons (Fsp3) is 0.571. The van der Waals surface area contributed by atoms with Gasteiger partial charge in [0.1, 0.15) is 0 Å². The molecule has 2 atom stereocenters. The molecule has 14 heavy (non-hydrogen) atoms. The highest BCUT2D eigenvalue weighted by atomic mass is 32.2. The second kappa shape index (κ2) is 4.61. The van der Waals surface area contributed by atoms with Gasteiger partial charge in [-0.05, 0) is 6.42 Å². The summed E-state index contributed by atoms with van der Waals surface area (Å²) < 4.78 is 12.0. The van der Waals surface area contributed by atoms with Crippen LogP contribution in [0.4, 0.5) is 0 Å². The highest BCUT2D eigenvalue weighted by Gasteiger charge is 2.18. The number of hydrogen-bond acceptors (Lipinski definition) is 5. The van der Waals surface area contributed by atoms with Crippen molar-refractivity contribution in [3.8, 4) is 0 Å². The third-order valence-corrected chi connectivity index (χ3v) is 4.70. The van der Waals surface area contributed by atoms with Gasteiger partial charge in [-0.15, -0.1) is 10.2 Å². The standard InChI is InChI=1S/C7H11N3O2S2/c1-3-4(2)14(12)7-10-9-6(13-7)5(8)11/h4H,3H2,1-2H3,(H2,8,11). The molecule has 1 rings (SSSR count). The smallest absolute Gasteiger partial charge is 0.279 e. The number of nitrogens with two attached hydrogens (primary N) is 1. The van der Waals surface area contributed by atoms with Gasteiger partial charge in [-0.2, -0.15) is 0 Å². The summed E-state index contributed by atoms with van der Waals surface area (Å²) >= 11 is 0.996. The average Bonchev–Trinajstić information content (AvgIpc) is 2.64. The van der Waals surface area contributed by atoms with E-state index in [0.29, 0.717) is 4.34 Å². The van der Waals surface area contributed by atoms with Crippen LogP contribution in [0.3, 0.4) is 0 Å². The van der Waals surface area contributed by atoms with E-state index in [1.165, 1.54) is 0 Å². The first kappa shape index (κ1) is 11.3. The van der Waals surface area contributed by atoms with Gasteiger partial charge in [0.25, 0.3) is 5.91 Å². The summed E-state index contributed by atoms with van der Waals surface area (Å²) in [6.07, 6.45) is 0.790. The Morgan fingerprint density at radius 3 is 2.71 bits per heavy atom. The summed E-state index contributed by atoms with van der Waals surface area (Å²) in [6, 6.07) is 0. The molecule has 0 aromatic carbocycles. The molecule has 1 heterocycles. The molecule has 0 bridgehead atoms. The third-order valence-electron chi connectivity index (χ3n) is 1.73. The fourth-order valence-electron chi connectivity index (χ4n) is 0.714. The summed E-state index contributed by atoms with van der Waals surface area (Å²) in [6.45, 7) is 3.81.